The highest BCUT2D eigenvalue weighted by Gasteiger charge is 2.06. The normalized spacial score (nSPS) is 10.3. The summed E-state index contributed by atoms with van der Waals surface area (Å²) < 4.78 is 17.0. The highest BCUT2D eigenvalue weighted by atomic mass is 19.1. The smallest absolute Gasteiger partial charge is 0.335 e. The summed E-state index contributed by atoms with van der Waals surface area (Å²) in [6, 6.07) is 8.04. The van der Waals surface area contributed by atoms with Gasteiger partial charge in [-0.3, -0.25) is 4.39 Å². The number of rotatable bonds is 9. The Kier molecular flexibility index (Phi) is 7.58. The highest BCUT2D eigenvalue weighted by molar-refractivity contribution is 5.87. The van der Waals surface area contributed by atoms with Crippen LogP contribution in [0.2, 0.25) is 0 Å². The maximum Gasteiger partial charge on any atom is 0.335 e. The number of ether oxygens (including phenoxy) is 1. The number of esters is 1. The van der Waals surface area contributed by atoms with Crippen molar-refractivity contribution in [1.29, 1.82) is 0 Å². The Balaban J connectivity index is 2.25. The average molecular weight is 280 g/mol. The molecule has 0 amide bonds. The molecule has 0 aliphatic carbocycles. The molecule has 0 aromatic heterocycles. The minimum atomic E-state index is -0.547. The summed E-state index contributed by atoms with van der Waals surface area (Å²) in [7, 11) is 0. The van der Waals surface area contributed by atoms with Gasteiger partial charge in [-0.2, -0.15) is 0 Å². The Morgan fingerprint density at radius 3 is 2.20 bits per heavy atom. The predicted molar refractivity (Wildman–Crippen MR) is 76.2 cm³/mol. The van der Waals surface area contributed by atoms with Crippen LogP contribution in [0.3, 0.4) is 0 Å². The van der Waals surface area contributed by atoms with E-state index in [1.165, 1.54) is 0 Å². The van der Waals surface area contributed by atoms with Crippen LogP contribution in [0, 0.1) is 0 Å². The number of benzene rings is 1. The zero-order valence-electron chi connectivity index (χ0n) is 11.6. The van der Waals surface area contributed by atoms with Gasteiger partial charge in [0.2, 0.25) is 0 Å². The lowest BCUT2D eigenvalue weighted by molar-refractivity contribution is -0.139. The third-order valence-electron chi connectivity index (χ3n) is 2.94. The Bertz CT molecular complexity index is 426. The van der Waals surface area contributed by atoms with Crippen LogP contribution in [-0.2, 0) is 22.4 Å². The molecule has 1 aromatic rings. The summed E-state index contributed by atoms with van der Waals surface area (Å²) in [6.07, 6.45) is 2.85. The van der Waals surface area contributed by atoms with Crippen molar-refractivity contribution in [3.05, 3.63) is 47.5 Å². The molecule has 0 saturated heterocycles. The van der Waals surface area contributed by atoms with Gasteiger partial charge in [-0.05, 0) is 36.8 Å². The van der Waals surface area contributed by atoms with E-state index in [2.05, 4.69) is 6.58 Å². The van der Waals surface area contributed by atoms with Gasteiger partial charge in [0.25, 0.3) is 0 Å². The van der Waals surface area contributed by atoms with Crippen molar-refractivity contribution in [2.45, 2.75) is 25.7 Å². The molecule has 20 heavy (non-hydrogen) atoms. The van der Waals surface area contributed by atoms with Crippen molar-refractivity contribution in [3.8, 4) is 0 Å². The first-order valence-corrected chi connectivity index (χ1v) is 6.77. The molecule has 4 heteroatoms. The second-order valence-corrected chi connectivity index (χ2v) is 4.61. The molecule has 0 radical (unpaired) electrons. The summed E-state index contributed by atoms with van der Waals surface area (Å²) in [6.45, 7) is 3.04. The lowest BCUT2D eigenvalue weighted by atomic mass is 10.0. The first-order chi connectivity index (χ1) is 9.67. The Labute approximate surface area is 119 Å². The van der Waals surface area contributed by atoms with E-state index in [-0.39, 0.29) is 18.9 Å². The van der Waals surface area contributed by atoms with Gasteiger partial charge in [0.15, 0.2) is 0 Å². The first-order valence-electron chi connectivity index (χ1n) is 6.77. The fourth-order valence-corrected chi connectivity index (χ4v) is 1.75. The van der Waals surface area contributed by atoms with E-state index < -0.39 is 5.97 Å². The van der Waals surface area contributed by atoms with Crippen LogP contribution >= 0.6 is 0 Å². The largest absolute Gasteiger partial charge is 0.462 e. The van der Waals surface area contributed by atoms with Crippen LogP contribution in [0.25, 0.3) is 0 Å². The van der Waals surface area contributed by atoms with Crippen LogP contribution < -0.4 is 0 Å². The predicted octanol–water partition coefficient (Wildman–Crippen LogP) is 2.61. The molecule has 1 rings (SSSR count). The molecule has 0 heterocycles. The van der Waals surface area contributed by atoms with Crippen molar-refractivity contribution < 1.29 is 19.0 Å². The SMILES string of the molecule is C=C(CO)C(=O)OCCCc1ccc(CCCF)cc1. The fourth-order valence-electron chi connectivity index (χ4n) is 1.75. The maximum absolute atomic E-state index is 12.0. The number of aliphatic hydroxyl groups excluding tert-OH is 1. The second kappa shape index (κ2) is 9.26. The van der Waals surface area contributed by atoms with Gasteiger partial charge in [-0.15, -0.1) is 0 Å². The Hall–Kier alpha value is -1.68. The van der Waals surface area contributed by atoms with E-state index in [1.54, 1.807) is 0 Å². The van der Waals surface area contributed by atoms with Crippen LogP contribution in [0.5, 0.6) is 0 Å². The monoisotopic (exact) mass is 280 g/mol. The van der Waals surface area contributed by atoms with Gasteiger partial charge in [-0.25, -0.2) is 4.79 Å². The van der Waals surface area contributed by atoms with Gasteiger partial charge in [0, 0.05) is 0 Å². The molecule has 0 atom stereocenters. The lowest BCUT2D eigenvalue weighted by Crippen LogP contribution is -2.11. The van der Waals surface area contributed by atoms with Crippen LogP contribution in [0.1, 0.15) is 24.0 Å². The minimum absolute atomic E-state index is 0.0715. The molecule has 110 valence electrons. The fraction of sp³-hybridized carbons (Fsp3) is 0.438. The Morgan fingerprint density at radius 1 is 1.15 bits per heavy atom. The summed E-state index contributed by atoms with van der Waals surface area (Å²) >= 11 is 0. The van der Waals surface area contributed by atoms with E-state index in [1.807, 2.05) is 24.3 Å². The van der Waals surface area contributed by atoms with E-state index in [9.17, 15) is 9.18 Å². The van der Waals surface area contributed by atoms with Gasteiger partial charge in [0.05, 0.1) is 25.5 Å². The third kappa shape index (κ3) is 5.97. The van der Waals surface area contributed by atoms with Crippen molar-refractivity contribution in [3.63, 3.8) is 0 Å². The van der Waals surface area contributed by atoms with E-state index in [0.29, 0.717) is 19.4 Å². The summed E-state index contributed by atoms with van der Waals surface area (Å²) in [5.74, 6) is -0.547. The van der Waals surface area contributed by atoms with E-state index >= 15 is 0 Å². The van der Waals surface area contributed by atoms with Gasteiger partial charge in [0.1, 0.15) is 0 Å². The standard InChI is InChI=1S/C16H21FO3/c1-13(12-18)16(19)20-11-3-5-15-8-6-14(7-9-15)4-2-10-17/h6-9,18H,1-5,10-12H2. The van der Waals surface area contributed by atoms with Crippen LogP contribution in [0.15, 0.2) is 36.4 Å². The maximum atomic E-state index is 12.0. The molecule has 0 fully saturated rings. The van der Waals surface area contributed by atoms with Gasteiger partial charge < -0.3 is 9.84 Å². The summed E-state index contributed by atoms with van der Waals surface area (Å²) in [4.78, 5) is 11.2. The topological polar surface area (TPSA) is 46.5 Å². The van der Waals surface area contributed by atoms with Gasteiger partial charge >= 0.3 is 5.97 Å². The zero-order chi connectivity index (χ0) is 14.8. The number of carbonyl (C=O) groups is 1. The molecule has 0 aliphatic heterocycles. The average Bonchev–Trinajstić information content (AvgIpc) is 2.49. The van der Waals surface area contributed by atoms with Crippen molar-refractivity contribution >= 4 is 5.97 Å². The zero-order valence-corrected chi connectivity index (χ0v) is 11.6. The molecule has 1 N–H and O–H groups in total. The summed E-state index contributed by atoms with van der Waals surface area (Å²) in [5.41, 5.74) is 2.37. The number of aryl methyl sites for hydroxylation is 2. The molecule has 0 spiro atoms. The molecule has 1 aromatic carbocycles. The molecule has 0 aliphatic rings. The minimum Gasteiger partial charge on any atom is -0.462 e. The van der Waals surface area contributed by atoms with E-state index in [4.69, 9.17) is 9.84 Å². The number of carbonyl (C=O) groups excluding carboxylic acids is 1. The number of hydrogen-bond acceptors (Lipinski definition) is 3. The Morgan fingerprint density at radius 2 is 1.70 bits per heavy atom. The van der Waals surface area contributed by atoms with Gasteiger partial charge in [-0.1, -0.05) is 30.8 Å². The highest BCUT2D eigenvalue weighted by Crippen LogP contribution is 2.09. The number of halogens is 1. The van der Waals surface area contributed by atoms with Crippen LogP contribution in [0.4, 0.5) is 4.39 Å². The van der Waals surface area contributed by atoms with E-state index in [0.717, 1.165) is 24.0 Å². The van der Waals surface area contributed by atoms with Crippen molar-refractivity contribution in [2.75, 3.05) is 19.9 Å². The first kappa shape index (κ1) is 16.4. The molecule has 3 nitrogen and oxygen atoms in total. The number of aliphatic hydroxyl groups is 1. The number of hydrogen-bond donors (Lipinski definition) is 1. The molecular formula is C16H21FO3. The second-order valence-electron chi connectivity index (χ2n) is 4.61. The van der Waals surface area contributed by atoms with Crippen molar-refractivity contribution in [2.24, 2.45) is 0 Å². The molecular weight excluding hydrogens is 259 g/mol. The lowest BCUT2D eigenvalue weighted by Gasteiger charge is -2.06. The molecule has 0 saturated carbocycles. The third-order valence-corrected chi connectivity index (χ3v) is 2.94. The molecule has 0 unspecified atom stereocenters. The molecule has 0 bridgehead atoms. The van der Waals surface area contributed by atoms with Crippen molar-refractivity contribution in [1.82, 2.24) is 0 Å². The summed E-state index contributed by atoms with van der Waals surface area (Å²) in [5, 5.41) is 8.70. The van der Waals surface area contributed by atoms with Crippen LogP contribution in [-0.4, -0.2) is 31.0 Å². The number of alkyl halides is 1. The quantitative estimate of drug-likeness (QED) is 0.430.